The summed E-state index contributed by atoms with van der Waals surface area (Å²) in [5, 5.41) is 18.1. The van der Waals surface area contributed by atoms with Crippen LogP contribution in [-0.4, -0.2) is 29.6 Å². The van der Waals surface area contributed by atoms with Crippen molar-refractivity contribution in [3.8, 4) is 0 Å². The van der Waals surface area contributed by atoms with Gasteiger partial charge in [-0.1, -0.05) is 69.7 Å². The molecule has 2 aliphatic rings. The average molecular weight is 409 g/mol. The fourth-order valence-electron chi connectivity index (χ4n) is 5.38. The molecule has 1 aliphatic carbocycles. The van der Waals surface area contributed by atoms with E-state index in [9.17, 15) is 14.7 Å². The molecule has 1 heterocycles. The average Bonchev–Trinajstić information content (AvgIpc) is 2.73. The molecular formula is C25H32N2O3. The molecule has 1 atom stereocenters. The van der Waals surface area contributed by atoms with Crippen LogP contribution in [0.4, 0.5) is 0 Å². The van der Waals surface area contributed by atoms with Gasteiger partial charge >= 0.3 is 0 Å². The molecule has 4 rings (SSSR count). The number of benzene rings is 2. The van der Waals surface area contributed by atoms with Crippen molar-refractivity contribution in [1.29, 1.82) is 0 Å². The number of carbonyl (C=O) groups is 2. The summed E-state index contributed by atoms with van der Waals surface area (Å²) < 4.78 is 0. The van der Waals surface area contributed by atoms with Crippen LogP contribution in [-0.2, 0) is 5.54 Å². The number of rotatable bonds is 6. The van der Waals surface area contributed by atoms with E-state index in [1.54, 1.807) is 6.07 Å². The first-order chi connectivity index (χ1) is 14.6. The van der Waals surface area contributed by atoms with E-state index in [-0.39, 0.29) is 30.0 Å². The first kappa shape index (κ1) is 21.0. The molecule has 30 heavy (non-hydrogen) atoms. The molecule has 0 bridgehead atoms. The van der Waals surface area contributed by atoms with Crippen molar-refractivity contribution in [3.63, 3.8) is 0 Å². The Morgan fingerprint density at radius 1 is 1.03 bits per heavy atom. The zero-order chi connectivity index (χ0) is 21.1. The summed E-state index contributed by atoms with van der Waals surface area (Å²) in [7, 11) is 0. The van der Waals surface area contributed by atoms with E-state index >= 15 is 0 Å². The lowest BCUT2D eigenvalue weighted by Crippen LogP contribution is -2.51. The minimum Gasteiger partial charge on any atom is -0.395 e. The maximum absolute atomic E-state index is 13.1. The Morgan fingerprint density at radius 2 is 1.77 bits per heavy atom. The standard InChI is InChI=1S/C25H32N2O3/c1-2-9-18(16-28)27-25(14-6-4-3-5-7-15-25)20-13-12-17-10-8-11-19-21(17)22(20)24(30)26-23(19)29/h8,10-13,18,27-28H,2-7,9,14-16H2,1H3,(H,26,29,30). The first-order valence-electron chi connectivity index (χ1n) is 11.4. The fourth-order valence-corrected chi connectivity index (χ4v) is 5.38. The highest BCUT2D eigenvalue weighted by Crippen LogP contribution is 2.41. The van der Waals surface area contributed by atoms with Crippen molar-refractivity contribution in [2.45, 2.75) is 76.3 Å². The quantitative estimate of drug-likeness (QED) is 0.619. The van der Waals surface area contributed by atoms with Crippen LogP contribution in [0.15, 0.2) is 30.3 Å². The second-order valence-corrected chi connectivity index (χ2v) is 8.84. The van der Waals surface area contributed by atoms with Crippen LogP contribution in [0.5, 0.6) is 0 Å². The van der Waals surface area contributed by atoms with Gasteiger partial charge in [0.05, 0.1) is 12.2 Å². The Labute approximate surface area is 178 Å². The molecule has 5 nitrogen and oxygen atoms in total. The number of nitrogens with one attached hydrogen (secondary N) is 2. The van der Waals surface area contributed by atoms with E-state index in [0.717, 1.165) is 54.9 Å². The van der Waals surface area contributed by atoms with Gasteiger partial charge in [-0.2, -0.15) is 0 Å². The lowest BCUT2D eigenvalue weighted by atomic mass is 9.74. The van der Waals surface area contributed by atoms with Gasteiger partial charge in [0, 0.05) is 22.5 Å². The number of carbonyl (C=O) groups excluding carboxylic acids is 2. The molecule has 2 amide bonds. The highest BCUT2D eigenvalue weighted by Gasteiger charge is 2.39. The number of hydrogen-bond donors (Lipinski definition) is 3. The fraction of sp³-hybridized carbons (Fsp3) is 0.520. The largest absolute Gasteiger partial charge is 0.395 e. The third-order valence-electron chi connectivity index (χ3n) is 6.80. The summed E-state index contributed by atoms with van der Waals surface area (Å²) in [6, 6.07) is 9.72. The molecule has 2 aromatic carbocycles. The van der Waals surface area contributed by atoms with Crippen LogP contribution in [0, 0.1) is 0 Å². The van der Waals surface area contributed by atoms with Gasteiger partial charge in [-0.3, -0.25) is 14.9 Å². The number of imide groups is 1. The molecule has 160 valence electrons. The van der Waals surface area contributed by atoms with E-state index < -0.39 is 0 Å². The number of aliphatic hydroxyl groups is 1. The third-order valence-corrected chi connectivity index (χ3v) is 6.80. The molecule has 0 saturated heterocycles. The van der Waals surface area contributed by atoms with E-state index in [1.165, 1.54) is 19.3 Å². The van der Waals surface area contributed by atoms with Gasteiger partial charge in [0.15, 0.2) is 0 Å². The van der Waals surface area contributed by atoms with Gasteiger partial charge in [-0.25, -0.2) is 0 Å². The molecule has 1 fully saturated rings. The Morgan fingerprint density at radius 3 is 2.47 bits per heavy atom. The highest BCUT2D eigenvalue weighted by atomic mass is 16.3. The molecule has 0 aromatic heterocycles. The van der Waals surface area contributed by atoms with Crippen LogP contribution in [0.25, 0.3) is 10.8 Å². The summed E-state index contributed by atoms with van der Waals surface area (Å²) in [5.74, 6) is -0.632. The number of hydrogen-bond acceptors (Lipinski definition) is 4. The SMILES string of the molecule is CCCC(CO)NC1(c2ccc3cccc4c3c2C(=O)NC4=O)CCCCCCC1. The summed E-state index contributed by atoms with van der Waals surface area (Å²) in [4.78, 5) is 25.6. The van der Waals surface area contributed by atoms with Crippen LogP contribution >= 0.6 is 0 Å². The monoisotopic (exact) mass is 408 g/mol. The predicted molar refractivity (Wildman–Crippen MR) is 119 cm³/mol. The van der Waals surface area contributed by atoms with E-state index in [0.29, 0.717) is 11.1 Å². The summed E-state index contributed by atoms with van der Waals surface area (Å²) in [5.41, 5.74) is 1.79. The Bertz CT molecular complexity index is 945. The van der Waals surface area contributed by atoms with Gasteiger partial charge in [0.2, 0.25) is 0 Å². The van der Waals surface area contributed by atoms with Gasteiger partial charge < -0.3 is 10.4 Å². The maximum atomic E-state index is 13.1. The van der Waals surface area contributed by atoms with Crippen molar-refractivity contribution < 1.29 is 14.7 Å². The topological polar surface area (TPSA) is 78.4 Å². The van der Waals surface area contributed by atoms with Crippen LogP contribution in [0.1, 0.15) is 91.0 Å². The normalized spacial score (nSPS) is 19.8. The van der Waals surface area contributed by atoms with Gasteiger partial charge in [-0.05, 0) is 36.3 Å². The van der Waals surface area contributed by atoms with E-state index in [4.69, 9.17) is 0 Å². The van der Waals surface area contributed by atoms with Gasteiger partial charge in [0.25, 0.3) is 11.8 Å². The summed E-state index contributed by atoms with van der Waals surface area (Å²) >= 11 is 0. The maximum Gasteiger partial charge on any atom is 0.259 e. The Hall–Kier alpha value is -2.24. The van der Waals surface area contributed by atoms with Gasteiger partial charge in [-0.15, -0.1) is 0 Å². The van der Waals surface area contributed by atoms with Crippen molar-refractivity contribution in [2.24, 2.45) is 0 Å². The molecule has 3 N–H and O–H groups in total. The summed E-state index contributed by atoms with van der Waals surface area (Å²) in [6.45, 7) is 2.20. The lowest BCUT2D eigenvalue weighted by molar-refractivity contribution is 0.0841. The molecule has 1 unspecified atom stereocenters. The Balaban J connectivity index is 1.91. The lowest BCUT2D eigenvalue weighted by Gasteiger charge is -2.41. The minimum atomic E-state index is -0.378. The third kappa shape index (κ3) is 3.77. The van der Waals surface area contributed by atoms with E-state index in [2.05, 4.69) is 23.6 Å². The van der Waals surface area contributed by atoms with E-state index in [1.807, 2.05) is 18.2 Å². The Kier molecular flexibility index (Phi) is 6.21. The zero-order valence-electron chi connectivity index (χ0n) is 17.8. The van der Waals surface area contributed by atoms with Crippen molar-refractivity contribution in [3.05, 3.63) is 47.0 Å². The second-order valence-electron chi connectivity index (χ2n) is 8.84. The minimum absolute atomic E-state index is 0.0131. The molecule has 1 saturated carbocycles. The molecule has 1 aliphatic heterocycles. The van der Waals surface area contributed by atoms with Crippen LogP contribution in [0.3, 0.4) is 0 Å². The van der Waals surface area contributed by atoms with Crippen LogP contribution in [0.2, 0.25) is 0 Å². The molecule has 0 radical (unpaired) electrons. The zero-order valence-corrected chi connectivity index (χ0v) is 17.8. The van der Waals surface area contributed by atoms with Crippen molar-refractivity contribution in [1.82, 2.24) is 10.6 Å². The highest BCUT2D eigenvalue weighted by molar-refractivity contribution is 6.26. The molecule has 5 heteroatoms. The first-order valence-corrected chi connectivity index (χ1v) is 11.4. The number of amides is 2. The molecule has 2 aromatic rings. The predicted octanol–water partition coefficient (Wildman–Crippen LogP) is 4.41. The van der Waals surface area contributed by atoms with Crippen molar-refractivity contribution in [2.75, 3.05) is 6.61 Å². The van der Waals surface area contributed by atoms with Gasteiger partial charge in [0.1, 0.15) is 0 Å². The number of aliphatic hydroxyl groups excluding tert-OH is 1. The summed E-state index contributed by atoms with van der Waals surface area (Å²) in [6.07, 6.45) is 9.49. The van der Waals surface area contributed by atoms with Crippen molar-refractivity contribution >= 4 is 22.6 Å². The molecular weight excluding hydrogens is 376 g/mol. The smallest absolute Gasteiger partial charge is 0.259 e. The second kappa shape index (κ2) is 8.86. The van der Waals surface area contributed by atoms with Crippen LogP contribution < -0.4 is 10.6 Å². The molecule has 0 spiro atoms.